The van der Waals surface area contributed by atoms with Gasteiger partial charge in [0.1, 0.15) is 11.3 Å². The molecule has 110 valence electrons. The minimum atomic E-state index is -0.152. The van der Waals surface area contributed by atoms with Crippen molar-refractivity contribution in [2.24, 2.45) is 0 Å². The Morgan fingerprint density at radius 1 is 1.20 bits per heavy atom. The molecular formula is C17H25NO2. The van der Waals surface area contributed by atoms with E-state index in [1.165, 1.54) is 0 Å². The molecule has 0 spiro atoms. The first-order valence-corrected chi connectivity index (χ1v) is 7.23. The number of benzene rings is 1. The lowest BCUT2D eigenvalue weighted by atomic mass is 10.1. The van der Waals surface area contributed by atoms with Crippen LogP contribution < -0.4 is 5.32 Å². The van der Waals surface area contributed by atoms with Gasteiger partial charge in [-0.15, -0.1) is 0 Å². The molecule has 0 bridgehead atoms. The molecule has 3 heteroatoms. The van der Waals surface area contributed by atoms with Crippen molar-refractivity contribution in [2.45, 2.75) is 59.4 Å². The largest absolute Gasteiger partial charge is 0.459 e. The Labute approximate surface area is 121 Å². The average molecular weight is 275 g/mol. The highest BCUT2D eigenvalue weighted by atomic mass is 16.5. The predicted molar refractivity (Wildman–Crippen MR) is 82.7 cm³/mol. The van der Waals surface area contributed by atoms with E-state index in [0.717, 1.165) is 28.8 Å². The fraction of sp³-hybridized carbons (Fsp3) is 0.529. The molecular weight excluding hydrogens is 250 g/mol. The second-order valence-corrected chi connectivity index (χ2v) is 6.44. The summed E-state index contributed by atoms with van der Waals surface area (Å²) in [7, 11) is 0. The van der Waals surface area contributed by atoms with Crippen LogP contribution in [0.5, 0.6) is 0 Å². The van der Waals surface area contributed by atoms with Gasteiger partial charge in [0.2, 0.25) is 0 Å². The first-order valence-electron chi connectivity index (χ1n) is 7.23. The lowest BCUT2D eigenvalue weighted by molar-refractivity contribution is -0.0151. The molecule has 1 N–H and O–H groups in total. The molecule has 1 aromatic carbocycles. The third-order valence-electron chi connectivity index (χ3n) is 3.10. The standard InChI is InChI=1S/C17H25NO2/c1-12(2)18-10-16-14(11-19-17(3,4)5)13-8-6-7-9-15(13)20-16/h6-9,12,18H,10-11H2,1-5H3. The van der Waals surface area contributed by atoms with Crippen molar-refractivity contribution in [2.75, 3.05) is 0 Å². The van der Waals surface area contributed by atoms with Crippen LogP contribution in [0.2, 0.25) is 0 Å². The summed E-state index contributed by atoms with van der Waals surface area (Å²) in [6, 6.07) is 8.57. The van der Waals surface area contributed by atoms with Crippen molar-refractivity contribution in [3.05, 3.63) is 35.6 Å². The van der Waals surface area contributed by atoms with Crippen LogP contribution in [0.25, 0.3) is 11.0 Å². The number of rotatable bonds is 5. The number of hydrogen-bond donors (Lipinski definition) is 1. The van der Waals surface area contributed by atoms with E-state index in [4.69, 9.17) is 9.15 Å². The topological polar surface area (TPSA) is 34.4 Å². The molecule has 0 fully saturated rings. The second kappa shape index (κ2) is 5.98. The summed E-state index contributed by atoms with van der Waals surface area (Å²) < 4.78 is 11.9. The smallest absolute Gasteiger partial charge is 0.134 e. The predicted octanol–water partition coefficient (Wildman–Crippen LogP) is 4.25. The zero-order valence-corrected chi connectivity index (χ0v) is 13.1. The number of fused-ring (bicyclic) bond motifs is 1. The zero-order chi connectivity index (χ0) is 14.8. The minimum Gasteiger partial charge on any atom is -0.459 e. The molecule has 2 aromatic rings. The monoisotopic (exact) mass is 275 g/mol. The van der Waals surface area contributed by atoms with Crippen LogP contribution >= 0.6 is 0 Å². The lowest BCUT2D eigenvalue weighted by Gasteiger charge is -2.19. The van der Waals surface area contributed by atoms with Crippen LogP contribution in [0.15, 0.2) is 28.7 Å². The summed E-state index contributed by atoms with van der Waals surface area (Å²) in [4.78, 5) is 0. The van der Waals surface area contributed by atoms with E-state index in [2.05, 4.69) is 46.0 Å². The molecule has 3 nitrogen and oxygen atoms in total. The maximum Gasteiger partial charge on any atom is 0.134 e. The van der Waals surface area contributed by atoms with Crippen LogP contribution in [0, 0.1) is 0 Å². The second-order valence-electron chi connectivity index (χ2n) is 6.44. The summed E-state index contributed by atoms with van der Waals surface area (Å²) in [5, 5.41) is 4.56. The van der Waals surface area contributed by atoms with Crippen molar-refractivity contribution < 1.29 is 9.15 Å². The van der Waals surface area contributed by atoms with Gasteiger partial charge in [-0.25, -0.2) is 0 Å². The summed E-state index contributed by atoms with van der Waals surface area (Å²) >= 11 is 0. The average Bonchev–Trinajstić information content (AvgIpc) is 2.70. The molecule has 20 heavy (non-hydrogen) atoms. The normalized spacial score (nSPS) is 12.5. The Balaban J connectivity index is 2.29. The minimum absolute atomic E-state index is 0.152. The number of nitrogens with one attached hydrogen (secondary N) is 1. The quantitative estimate of drug-likeness (QED) is 0.886. The van der Waals surface area contributed by atoms with Gasteiger partial charge in [-0.2, -0.15) is 0 Å². The molecule has 0 aliphatic heterocycles. The summed E-state index contributed by atoms with van der Waals surface area (Å²) in [5.74, 6) is 0.976. The Morgan fingerprint density at radius 3 is 2.55 bits per heavy atom. The van der Waals surface area contributed by atoms with Gasteiger partial charge < -0.3 is 14.5 Å². The summed E-state index contributed by atoms with van der Waals surface area (Å²) in [6.45, 7) is 11.8. The van der Waals surface area contributed by atoms with Gasteiger partial charge in [-0.05, 0) is 26.8 Å². The van der Waals surface area contributed by atoms with Crippen LogP contribution in [0.1, 0.15) is 45.9 Å². The maximum absolute atomic E-state index is 5.97. The molecule has 1 aromatic heterocycles. The van der Waals surface area contributed by atoms with Crippen molar-refractivity contribution in [1.29, 1.82) is 0 Å². The van der Waals surface area contributed by atoms with Crippen molar-refractivity contribution in [3.63, 3.8) is 0 Å². The van der Waals surface area contributed by atoms with Crippen molar-refractivity contribution >= 4 is 11.0 Å². The van der Waals surface area contributed by atoms with Crippen molar-refractivity contribution in [1.82, 2.24) is 5.32 Å². The van der Waals surface area contributed by atoms with Crippen LogP contribution in [0.3, 0.4) is 0 Å². The number of hydrogen-bond acceptors (Lipinski definition) is 3. The van der Waals surface area contributed by atoms with Gasteiger partial charge >= 0.3 is 0 Å². The molecule has 2 rings (SSSR count). The van der Waals surface area contributed by atoms with E-state index in [0.29, 0.717) is 12.6 Å². The maximum atomic E-state index is 5.97. The number of furan rings is 1. The molecule has 0 radical (unpaired) electrons. The Bertz CT molecular complexity index is 564. The lowest BCUT2D eigenvalue weighted by Crippen LogP contribution is -2.23. The van der Waals surface area contributed by atoms with Gasteiger partial charge in [0.15, 0.2) is 0 Å². The van der Waals surface area contributed by atoms with Crippen LogP contribution in [0.4, 0.5) is 0 Å². The molecule has 0 aliphatic rings. The Hall–Kier alpha value is -1.32. The van der Waals surface area contributed by atoms with E-state index in [-0.39, 0.29) is 5.60 Å². The third-order valence-corrected chi connectivity index (χ3v) is 3.10. The van der Waals surface area contributed by atoms with E-state index in [1.807, 2.05) is 18.2 Å². The molecule has 0 atom stereocenters. The molecule has 0 saturated heterocycles. The summed E-state index contributed by atoms with van der Waals surface area (Å²) in [6.07, 6.45) is 0. The van der Waals surface area contributed by atoms with Gasteiger partial charge in [-0.1, -0.05) is 32.0 Å². The SMILES string of the molecule is CC(C)NCc1oc2ccccc2c1COC(C)(C)C. The van der Waals surface area contributed by atoms with Crippen molar-refractivity contribution in [3.8, 4) is 0 Å². The van der Waals surface area contributed by atoms with E-state index < -0.39 is 0 Å². The first kappa shape index (κ1) is 15.1. The first-order chi connectivity index (χ1) is 9.37. The highest BCUT2D eigenvalue weighted by molar-refractivity contribution is 5.82. The zero-order valence-electron chi connectivity index (χ0n) is 13.1. The van der Waals surface area contributed by atoms with Crippen LogP contribution in [-0.4, -0.2) is 11.6 Å². The van der Waals surface area contributed by atoms with E-state index in [1.54, 1.807) is 0 Å². The fourth-order valence-corrected chi connectivity index (χ4v) is 2.04. The number of ether oxygens (including phenoxy) is 1. The van der Waals surface area contributed by atoms with Gasteiger partial charge in [0, 0.05) is 17.0 Å². The van der Waals surface area contributed by atoms with E-state index in [9.17, 15) is 0 Å². The van der Waals surface area contributed by atoms with E-state index >= 15 is 0 Å². The Morgan fingerprint density at radius 2 is 1.90 bits per heavy atom. The highest BCUT2D eigenvalue weighted by Gasteiger charge is 2.17. The van der Waals surface area contributed by atoms with Gasteiger partial charge in [0.25, 0.3) is 0 Å². The molecule has 0 saturated carbocycles. The third kappa shape index (κ3) is 3.84. The molecule has 1 heterocycles. The van der Waals surface area contributed by atoms with Gasteiger partial charge in [0.05, 0.1) is 18.8 Å². The molecule has 0 unspecified atom stereocenters. The molecule has 0 amide bonds. The highest BCUT2D eigenvalue weighted by Crippen LogP contribution is 2.27. The van der Waals surface area contributed by atoms with Gasteiger partial charge in [-0.3, -0.25) is 0 Å². The summed E-state index contributed by atoms with van der Waals surface area (Å²) in [5.41, 5.74) is 1.94. The van der Waals surface area contributed by atoms with Crippen LogP contribution in [-0.2, 0) is 17.9 Å². The molecule has 0 aliphatic carbocycles. The Kier molecular flexibility index (Phi) is 4.51. The number of para-hydroxylation sites is 1. The fourth-order valence-electron chi connectivity index (χ4n) is 2.04.